The molecule has 2 unspecified atom stereocenters. The van der Waals surface area contributed by atoms with E-state index in [0.717, 1.165) is 58.1 Å². The lowest BCUT2D eigenvalue weighted by Crippen LogP contribution is -2.48. The summed E-state index contributed by atoms with van der Waals surface area (Å²) in [6, 6.07) is 17.2. The van der Waals surface area contributed by atoms with Crippen LogP contribution in [0.3, 0.4) is 0 Å². The lowest BCUT2D eigenvalue weighted by atomic mass is 10.1. The fourth-order valence-corrected chi connectivity index (χ4v) is 4.42. The van der Waals surface area contributed by atoms with E-state index in [1.807, 2.05) is 30.3 Å². The van der Waals surface area contributed by atoms with Crippen LogP contribution in [0.5, 0.6) is 5.75 Å². The van der Waals surface area contributed by atoms with Gasteiger partial charge in [0.25, 0.3) is 5.91 Å². The molecule has 2 fully saturated rings. The molecule has 2 aliphatic rings. The molecule has 0 aliphatic carbocycles. The van der Waals surface area contributed by atoms with Crippen LogP contribution in [-0.4, -0.2) is 85.5 Å². The van der Waals surface area contributed by atoms with Crippen LogP contribution in [0, 0.1) is 0 Å². The third-order valence-electron chi connectivity index (χ3n) is 6.36. The van der Waals surface area contributed by atoms with Crippen molar-refractivity contribution in [2.75, 3.05) is 52.5 Å². The Kier molecular flexibility index (Phi) is 8.72. The van der Waals surface area contributed by atoms with E-state index in [4.69, 9.17) is 9.47 Å². The fourth-order valence-electron chi connectivity index (χ4n) is 4.42. The van der Waals surface area contributed by atoms with Crippen molar-refractivity contribution in [1.82, 2.24) is 15.1 Å². The third kappa shape index (κ3) is 7.27. The van der Waals surface area contributed by atoms with E-state index < -0.39 is 6.10 Å². The van der Waals surface area contributed by atoms with Crippen LogP contribution in [0.4, 0.5) is 0 Å². The highest BCUT2D eigenvalue weighted by molar-refractivity contribution is 5.94. The number of rotatable bonds is 8. The Balaban J connectivity index is 1.27. The molecule has 7 heteroatoms. The molecule has 2 aliphatic heterocycles. The number of nitrogens with zero attached hydrogens (tertiary/aromatic N) is 2. The van der Waals surface area contributed by atoms with Gasteiger partial charge < -0.3 is 19.9 Å². The second-order valence-electron chi connectivity index (χ2n) is 8.84. The van der Waals surface area contributed by atoms with Crippen LogP contribution in [0.15, 0.2) is 54.6 Å². The molecular formula is C26H35N3O4. The molecule has 2 saturated heterocycles. The standard InChI is InChI=1S/C26H35N3O4/c30-25-7-4-12-29(19-21-5-2-1-3-6-21)20-24(25)27-26(31)22-8-10-23(11-9-22)33-18-15-28-13-16-32-17-14-28/h1-3,5-6,8-11,24-25,30H,4,7,12-20H2,(H,27,31). The molecule has 0 aromatic heterocycles. The molecule has 2 atom stereocenters. The summed E-state index contributed by atoms with van der Waals surface area (Å²) in [5, 5.41) is 13.7. The number of amides is 1. The first kappa shape index (κ1) is 23.7. The summed E-state index contributed by atoms with van der Waals surface area (Å²) in [6.45, 7) is 7.28. The van der Waals surface area contributed by atoms with Gasteiger partial charge in [-0.05, 0) is 49.2 Å². The predicted molar refractivity (Wildman–Crippen MR) is 127 cm³/mol. The smallest absolute Gasteiger partial charge is 0.251 e. The van der Waals surface area contributed by atoms with Crippen LogP contribution in [0.25, 0.3) is 0 Å². The second-order valence-corrected chi connectivity index (χ2v) is 8.84. The quantitative estimate of drug-likeness (QED) is 0.638. The third-order valence-corrected chi connectivity index (χ3v) is 6.36. The minimum Gasteiger partial charge on any atom is -0.492 e. The van der Waals surface area contributed by atoms with Gasteiger partial charge in [-0.3, -0.25) is 14.6 Å². The Labute approximate surface area is 196 Å². The minimum atomic E-state index is -0.544. The number of hydrogen-bond donors (Lipinski definition) is 2. The van der Waals surface area contributed by atoms with Gasteiger partial charge in [0.05, 0.1) is 25.4 Å². The van der Waals surface area contributed by atoms with E-state index in [9.17, 15) is 9.90 Å². The number of carbonyl (C=O) groups excluding carboxylic acids is 1. The van der Waals surface area contributed by atoms with Crippen LogP contribution in [0.2, 0.25) is 0 Å². The predicted octanol–water partition coefficient (Wildman–Crippen LogP) is 2.15. The fraction of sp³-hybridized carbons (Fsp3) is 0.500. The van der Waals surface area contributed by atoms with Crippen LogP contribution < -0.4 is 10.1 Å². The Hall–Kier alpha value is -2.45. The highest BCUT2D eigenvalue weighted by Gasteiger charge is 2.27. The van der Waals surface area contributed by atoms with Gasteiger partial charge in [-0.15, -0.1) is 0 Å². The molecule has 0 saturated carbocycles. The number of ether oxygens (including phenoxy) is 2. The zero-order valence-electron chi connectivity index (χ0n) is 19.2. The first-order valence-corrected chi connectivity index (χ1v) is 12.0. The van der Waals surface area contributed by atoms with Gasteiger partial charge in [-0.2, -0.15) is 0 Å². The average Bonchev–Trinajstić information content (AvgIpc) is 3.01. The zero-order chi connectivity index (χ0) is 22.9. The molecule has 2 heterocycles. The minimum absolute atomic E-state index is 0.166. The van der Waals surface area contributed by atoms with Crippen molar-refractivity contribution in [3.05, 3.63) is 65.7 Å². The van der Waals surface area contributed by atoms with E-state index in [-0.39, 0.29) is 11.9 Å². The Bertz CT molecular complexity index is 856. The summed E-state index contributed by atoms with van der Waals surface area (Å²) in [5.74, 6) is 0.587. The average molecular weight is 454 g/mol. The molecule has 1 amide bonds. The lowest BCUT2D eigenvalue weighted by Gasteiger charge is -2.27. The first-order valence-electron chi connectivity index (χ1n) is 12.0. The Morgan fingerprint density at radius 3 is 2.55 bits per heavy atom. The van der Waals surface area contributed by atoms with Gasteiger partial charge >= 0.3 is 0 Å². The highest BCUT2D eigenvalue weighted by Crippen LogP contribution is 2.17. The van der Waals surface area contributed by atoms with E-state index >= 15 is 0 Å². The van der Waals surface area contributed by atoms with E-state index in [1.165, 1.54) is 5.56 Å². The molecule has 2 aromatic rings. The summed E-state index contributed by atoms with van der Waals surface area (Å²) in [7, 11) is 0. The maximum Gasteiger partial charge on any atom is 0.251 e. The number of benzene rings is 2. The lowest BCUT2D eigenvalue weighted by molar-refractivity contribution is 0.0322. The summed E-state index contributed by atoms with van der Waals surface area (Å²) < 4.78 is 11.2. The van der Waals surface area contributed by atoms with E-state index in [1.54, 1.807) is 12.1 Å². The Morgan fingerprint density at radius 1 is 1.03 bits per heavy atom. The molecule has 4 rings (SSSR count). The van der Waals surface area contributed by atoms with Gasteiger partial charge in [-0.25, -0.2) is 0 Å². The van der Waals surface area contributed by atoms with Crippen LogP contribution in [0.1, 0.15) is 28.8 Å². The van der Waals surface area contributed by atoms with Gasteiger partial charge in [0, 0.05) is 38.3 Å². The zero-order valence-corrected chi connectivity index (χ0v) is 19.2. The first-order chi connectivity index (χ1) is 16.2. The number of morpholine rings is 1. The molecule has 7 nitrogen and oxygen atoms in total. The molecule has 0 bridgehead atoms. The molecule has 2 N–H and O–H groups in total. The molecule has 0 spiro atoms. The van der Waals surface area contributed by atoms with E-state index in [2.05, 4.69) is 27.2 Å². The maximum atomic E-state index is 12.9. The molecule has 0 radical (unpaired) electrons. The number of aliphatic hydroxyl groups is 1. The molecular weight excluding hydrogens is 418 g/mol. The van der Waals surface area contributed by atoms with Gasteiger partial charge in [0.2, 0.25) is 0 Å². The molecule has 178 valence electrons. The number of nitrogens with one attached hydrogen (secondary N) is 1. The van der Waals surface area contributed by atoms with Crippen molar-refractivity contribution in [1.29, 1.82) is 0 Å². The maximum absolute atomic E-state index is 12.9. The van der Waals surface area contributed by atoms with Gasteiger partial charge in [-0.1, -0.05) is 30.3 Å². The van der Waals surface area contributed by atoms with E-state index in [0.29, 0.717) is 25.1 Å². The summed E-state index contributed by atoms with van der Waals surface area (Å²) in [5.41, 5.74) is 1.81. The van der Waals surface area contributed by atoms with Crippen molar-refractivity contribution < 1.29 is 19.4 Å². The number of carbonyl (C=O) groups is 1. The number of aliphatic hydroxyl groups excluding tert-OH is 1. The van der Waals surface area contributed by atoms with Gasteiger partial charge in [0.15, 0.2) is 0 Å². The monoisotopic (exact) mass is 453 g/mol. The highest BCUT2D eigenvalue weighted by atomic mass is 16.5. The topological polar surface area (TPSA) is 74.3 Å². The van der Waals surface area contributed by atoms with Crippen LogP contribution >= 0.6 is 0 Å². The summed E-state index contributed by atoms with van der Waals surface area (Å²) in [6.07, 6.45) is 1.06. The largest absolute Gasteiger partial charge is 0.492 e. The summed E-state index contributed by atoms with van der Waals surface area (Å²) in [4.78, 5) is 17.5. The molecule has 2 aromatic carbocycles. The Morgan fingerprint density at radius 2 is 1.79 bits per heavy atom. The second kappa shape index (κ2) is 12.1. The van der Waals surface area contributed by atoms with Crippen molar-refractivity contribution in [3.63, 3.8) is 0 Å². The molecule has 33 heavy (non-hydrogen) atoms. The summed E-state index contributed by atoms with van der Waals surface area (Å²) >= 11 is 0. The van der Waals surface area contributed by atoms with Crippen molar-refractivity contribution in [2.45, 2.75) is 31.5 Å². The number of likely N-dealkylation sites (tertiary alicyclic amines) is 1. The number of hydrogen-bond acceptors (Lipinski definition) is 6. The normalized spacial score (nSPS) is 22.5. The van der Waals surface area contributed by atoms with Crippen molar-refractivity contribution in [2.24, 2.45) is 0 Å². The SMILES string of the molecule is O=C(NC1CN(Cc2ccccc2)CCCC1O)c1ccc(OCCN2CCOCC2)cc1. The van der Waals surface area contributed by atoms with Crippen molar-refractivity contribution >= 4 is 5.91 Å². The van der Waals surface area contributed by atoms with Gasteiger partial charge in [0.1, 0.15) is 12.4 Å². The van der Waals surface area contributed by atoms with Crippen molar-refractivity contribution in [3.8, 4) is 5.75 Å². The van der Waals surface area contributed by atoms with Crippen LogP contribution in [-0.2, 0) is 11.3 Å².